The Bertz CT molecular complexity index is 877. The number of likely N-dealkylation sites (tertiary alicyclic amines) is 1. The molecular weight excluding hydrogens is 374 g/mol. The van der Waals surface area contributed by atoms with Gasteiger partial charge in [-0.2, -0.15) is 0 Å². The third-order valence-corrected chi connectivity index (χ3v) is 6.34. The fourth-order valence-corrected chi connectivity index (χ4v) is 4.29. The number of anilines is 3. The van der Waals surface area contributed by atoms with Crippen LogP contribution < -0.4 is 10.2 Å². The summed E-state index contributed by atoms with van der Waals surface area (Å²) in [4.78, 5) is 17.4. The second-order valence-electron chi connectivity index (χ2n) is 8.57. The van der Waals surface area contributed by atoms with Crippen LogP contribution in [0.1, 0.15) is 42.9 Å². The summed E-state index contributed by atoms with van der Waals surface area (Å²) < 4.78 is 27.6. The highest BCUT2D eigenvalue weighted by Gasteiger charge is 2.40. The molecule has 2 saturated heterocycles. The molecule has 2 aliphatic heterocycles. The number of alkyl halides is 2. The van der Waals surface area contributed by atoms with E-state index in [1.807, 2.05) is 19.1 Å². The summed E-state index contributed by atoms with van der Waals surface area (Å²) in [6.07, 6.45) is 7.17. The number of hydrogen-bond donors (Lipinski definition) is 1. The molecule has 0 unspecified atom stereocenters. The van der Waals surface area contributed by atoms with E-state index in [1.54, 1.807) is 17.3 Å². The standard InChI is InChI=1S/C21H26F2N6/c1-14-9-25-19(10-24-14)26-18-7-15(16-11-29(12-16)17-3-2-4-17)8-20(27-18)28-6-5-21(22,23)13-28/h7-10,16-17H,2-6,11-13H2,1H3,(H,25,26,27). The van der Waals surface area contributed by atoms with Crippen LogP contribution in [0.4, 0.5) is 26.2 Å². The van der Waals surface area contributed by atoms with E-state index in [9.17, 15) is 8.78 Å². The molecule has 0 atom stereocenters. The van der Waals surface area contributed by atoms with E-state index in [1.165, 1.54) is 19.3 Å². The van der Waals surface area contributed by atoms with Gasteiger partial charge < -0.3 is 10.2 Å². The molecule has 3 fully saturated rings. The van der Waals surface area contributed by atoms with Crippen LogP contribution in [0.25, 0.3) is 0 Å². The SMILES string of the molecule is Cc1cnc(Nc2cc(C3CN(C4CCC4)C3)cc(N3CCC(F)(F)C3)n2)cn1. The molecule has 0 amide bonds. The van der Waals surface area contributed by atoms with E-state index in [-0.39, 0.29) is 13.0 Å². The van der Waals surface area contributed by atoms with Crippen molar-refractivity contribution in [2.24, 2.45) is 0 Å². The maximum atomic E-state index is 13.8. The molecule has 2 aromatic heterocycles. The highest BCUT2D eigenvalue weighted by atomic mass is 19.3. The second kappa shape index (κ2) is 7.16. The summed E-state index contributed by atoms with van der Waals surface area (Å²) in [7, 11) is 0. The first-order valence-corrected chi connectivity index (χ1v) is 10.4. The Morgan fingerprint density at radius 1 is 1.10 bits per heavy atom. The minimum absolute atomic E-state index is 0.121. The van der Waals surface area contributed by atoms with E-state index in [0.717, 1.165) is 30.4 Å². The van der Waals surface area contributed by atoms with E-state index >= 15 is 0 Å². The van der Waals surface area contributed by atoms with Crippen LogP contribution in [0.5, 0.6) is 0 Å². The van der Waals surface area contributed by atoms with Crippen molar-refractivity contribution in [3.63, 3.8) is 0 Å². The Labute approximate surface area is 169 Å². The monoisotopic (exact) mass is 400 g/mol. The molecule has 1 aliphatic carbocycles. The number of rotatable bonds is 5. The fraction of sp³-hybridized carbons (Fsp3) is 0.571. The minimum Gasteiger partial charge on any atom is -0.350 e. The Hall–Kier alpha value is -2.35. The van der Waals surface area contributed by atoms with Crippen LogP contribution in [-0.2, 0) is 0 Å². The Balaban J connectivity index is 1.39. The van der Waals surface area contributed by atoms with Crippen LogP contribution in [0.2, 0.25) is 0 Å². The number of pyridine rings is 1. The van der Waals surface area contributed by atoms with Crippen LogP contribution in [0.15, 0.2) is 24.5 Å². The second-order valence-corrected chi connectivity index (χ2v) is 8.57. The molecule has 1 saturated carbocycles. The number of nitrogens with one attached hydrogen (secondary N) is 1. The average Bonchev–Trinajstić information content (AvgIpc) is 2.98. The molecule has 0 spiro atoms. The Kier molecular flexibility index (Phi) is 4.61. The Morgan fingerprint density at radius 2 is 1.93 bits per heavy atom. The van der Waals surface area contributed by atoms with Crippen LogP contribution in [-0.4, -0.2) is 58.0 Å². The normalized spacial score (nSPS) is 22.4. The summed E-state index contributed by atoms with van der Waals surface area (Å²) in [6, 6.07) is 4.77. The van der Waals surface area contributed by atoms with Gasteiger partial charge in [0.1, 0.15) is 17.5 Å². The first kappa shape index (κ1) is 18.7. The zero-order chi connectivity index (χ0) is 20.0. The van der Waals surface area contributed by atoms with Crippen molar-refractivity contribution in [2.45, 2.75) is 50.5 Å². The van der Waals surface area contributed by atoms with Gasteiger partial charge in [-0.25, -0.2) is 18.7 Å². The molecule has 154 valence electrons. The van der Waals surface area contributed by atoms with Crippen molar-refractivity contribution in [3.05, 3.63) is 35.8 Å². The Morgan fingerprint density at radius 3 is 2.55 bits per heavy atom. The molecule has 0 aromatic carbocycles. The van der Waals surface area contributed by atoms with Crippen LogP contribution in [0, 0.1) is 6.92 Å². The smallest absolute Gasteiger partial charge is 0.266 e. The predicted molar refractivity (Wildman–Crippen MR) is 108 cm³/mol. The zero-order valence-corrected chi connectivity index (χ0v) is 16.6. The number of halogens is 2. The van der Waals surface area contributed by atoms with Gasteiger partial charge in [0.05, 0.1) is 24.6 Å². The first-order valence-electron chi connectivity index (χ1n) is 10.4. The number of hydrogen-bond acceptors (Lipinski definition) is 6. The molecule has 8 heteroatoms. The molecule has 1 N–H and O–H groups in total. The lowest BCUT2D eigenvalue weighted by atomic mass is 9.84. The molecular formula is C21H26F2N6. The predicted octanol–water partition coefficient (Wildman–Crippen LogP) is 3.72. The van der Waals surface area contributed by atoms with Crippen LogP contribution >= 0.6 is 0 Å². The number of aromatic nitrogens is 3. The summed E-state index contributed by atoms with van der Waals surface area (Å²) in [5, 5.41) is 3.20. The lowest BCUT2D eigenvalue weighted by Gasteiger charge is -2.48. The molecule has 29 heavy (non-hydrogen) atoms. The summed E-state index contributed by atoms with van der Waals surface area (Å²) >= 11 is 0. The van der Waals surface area contributed by atoms with Gasteiger partial charge in [-0.05, 0) is 37.5 Å². The highest BCUT2D eigenvalue weighted by Crippen LogP contribution is 2.38. The molecule has 0 bridgehead atoms. The lowest BCUT2D eigenvalue weighted by molar-refractivity contribution is 0.0256. The largest absolute Gasteiger partial charge is 0.350 e. The van der Waals surface area contributed by atoms with Gasteiger partial charge in [-0.1, -0.05) is 6.42 Å². The fourth-order valence-electron chi connectivity index (χ4n) is 4.29. The van der Waals surface area contributed by atoms with Gasteiger partial charge in [-0.3, -0.25) is 9.88 Å². The maximum absolute atomic E-state index is 13.8. The van der Waals surface area contributed by atoms with Crippen molar-refractivity contribution >= 4 is 17.5 Å². The van der Waals surface area contributed by atoms with E-state index < -0.39 is 5.92 Å². The van der Waals surface area contributed by atoms with Crippen molar-refractivity contribution in [1.82, 2.24) is 19.9 Å². The van der Waals surface area contributed by atoms with Crippen LogP contribution in [0.3, 0.4) is 0 Å². The van der Waals surface area contributed by atoms with E-state index in [0.29, 0.717) is 29.9 Å². The van der Waals surface area contributed by atoms with E-state index in [4.69, 9.17) is 0 Å². The van der Waals surface area contributed by atoms with Crippen molar-refractivity contribution in [2.75, 3.05) is 36.4 Å². The first-order chi connectivity index (χ1) is 13.9. The van der Waals surface area contributed by atoms with E-state index in [2.05, 4.69) is 25.2 Å². The van der Waals surface area contributed by atoms with Gasteiger partial charge in [0, 0.05) is 38.0 Å². The minimum atomic E-state index is -2.65. The van der Waals surface area contributed by atoms with Crippen molar-refractivity contribution < 1.29 is 8.78 Å². The lowest BCUT2D eigenvalue weighted by Crippen LogP contribution is -2.53. The van der Waals surface area contributed by atoms with Gasteiger partial charge in [0.2, 0.25) is 0 Å². The zero-order valence-electron chi connectivity index (χ0n) is 16.6. The number of nitrogens with zero attached hydrogens (tertiary/aromatic N) is 5. The topological polar surface area (TPSA) is 57.2 Å². The summed E-state index contributed by atoms with van der Waals surface area (Å²) in [5.41, 5.74) is 1.99. The van der Waals surface area contributed by atoms with Crippen molar-refractivity contribution in [1.29, 1.82) is 0 Å². The van der Waals surface area contributed by atoms with Crippen molar-refractivity contribution in [3.8, 4) is 0 Å². The number of aryl methyl sites for hydroxylation is 1. The van der Waals surface area contributed by atoms with Gasteiger partial charge in [0.25, 0.3) is 5.92 Å². The summed E-state index contributed by atoms with van der Waals surface area (Å²) in [5.74, 6) is -0.379. The highest BCUT2D eigenvalue weighted by molar-refractivity contribution is 5.58. The molecule has 4 heterocycles. The molecule has 2 aromatic rings. The molecule has 3 aliphatic rings. The molecule has 6 nitrogen and oxygen atoms in total. The average molecular weight is 400 g/mol. The molecule has 0 radical (unpaired) electrons. The van der Waals surface area contributed by atoms with Gasteiger partial charge in [-0.15, -0.1) is 0 Å². The quantitative estimate of drug-likeness (QED) is 0.826. The molecule has 5 rings (SSSR count). The summed E-state index contributed by atoms with van der Waals surface area (Å²) in [6.45, 7) is 4.01. The third-order valence-electron chi connectivity index (χ3n) is 6.34. The maximum Gasteiger partial charge on any atom is 0.266 e. The van der Waals surface area contributed by atoms with Gasteiger partial charge in [0.15, 0.2) is 0 Å². The van der Waals surface area contributed by atoms with Gasteiger partial charge >= 0.3 is 0 Å². The third kappa shape index (κ3) is 3.90.